The zero-order valence-electron chi connectivity index (χ0n) is 18.8. The van der Waals surface area contributed by atoms with Crippen LogP contribution in [0.3, 0.4) is 0 Å². The lowest BCUT2D eigenvalue weighted by Gasteiger charge is -2.10. The number of anilines is 2. The van der Waals surface area contributed by atoms with Crippen molar-refractivity contribution in [3.8, 4) is 0 Å². The van der Waals surface area contributed by atoms with Gasteiger partial charge in [0, 0.05) is 22.3 Å². The van der Waals surface area contributed by atoms with Crippen LogP contribution in [0.2, 0.25) is 0 Å². The molecule has 0 fully saturated rings. The third-order valence-electron chi connectivity index (χ3n) is 4.34. The molecule has 0 aliphatic carbocycles. The van der Waals surface area contributed by atoms with Gasteiger partial charge in [0.05, 0.1) is 18.6 Å². The zero-order valence-corrected chi connectivity index (χ0v) is 20.4. The molecular formula is C24H27BrN2O6. The molecule has 2 N–H and O–H groups in total. The predicted octanol–water partition coefficient (Wildman–Crippen LogP) is 4.47. The Balaban J connectivity index is 1.70. The lowest BCUT2D eigenvalue weighted by molar-refractivity contribution is -0.147. The summed E-state index contributed by atoms with van der Waals surface area (Å²) in [5.41, 5.74) is 2.35. The molecule has 0 saturated carbocycles. The van der Waals surface area contributed by atoms with E-state index in [1.54, 1.807) is 36.4 Å². The molecule has 2 amide bonds. The zero-order chi connectivity index (χ0) is 24.4. The van der Waals surface area contributed by atoms with Crippen LogP contribution in [0.15, 0.2) is 46.9 Å². The summed E-state index contributed by atoms with van der Waals surface area (Å²) in [5.74, 6) is -1.70. The summed E-state index contributed by atoms with van der Waals surface area (Å²) in [5, 5.41) is 5.31. The molecule has 2 aromatic carbocycles. The van der Waals surface area contributed by atoms with Crippen molar-refractivity contribution in [3.05, 3.63) is 58.1 Å². The Kier molecular flexibility index (Phi) is 10.1. The molecule has 0 radical (unpaired) electrons. The molecule has 33 heavy (non-hydrogen) atoms. The van der Waals surface area contributed by atoms with E-state index in [0.29, 0.717) is 23.5 Å². The van der Waals surface area contributed by atoms with Crippen LogP contribution in [-0.2, 0) is 23.9 Å². The molecule has 0 atom stereocenters. The summed E-state index contributed by atoms with van der Waals surface area (Å²) in [7, 11) is 0. The third kappa shape index (κ3) is 9.44. The smallest absolute Gasteiger partial charge is 0.338 e. The van der Waals surface area contributed by atoms with E-state index in [-0.39, 0.29) is 18.8 Å². The molecule has 2 aromatic rings. The molecule has 0 saturated heterocycles. The van der Waals surface area contributed by atoms with Gasteiger partial charge in [-0.15, -0.1) is 0 Å². The van der Waals surface area contributed by atoms with Gasteiger partial charge in [-0.3, -0.25) is 14.4 Å². The van der Waals surface area contributed by atoms with Gasteiger partial charge < -0.3 is 20.1 Å². The fourth-order valence-electron chi connectivity index (χ4n) is 2.63. The molecule has 0 aromatic heterocycles. The van der Waals surface area contributed by atoms with Crippen molar-refractivity contribution in [3.63, 3.8) is 0 Å². The average molecular weight is 519 g/mol. The molecule has 0 aliphatic heterocycles. The second-order valence-corrected chi connectivity index (χ2v) is 8.70. The first kappa shape index (κ1) is 26.1. The lowest BCUT2D eigenvalue weighted by atomic mass is 10.2. The summed E-state index contributed by atoms with van der Waals surface area (Å²) >= 11 is 3.35. The van der Waals surface area contributed by atoms with E-state index in [1.165, 1.54) is 0 Å². The normalized spacial score (nSPS) is 10.5. The molecule has 0 bridgehead atoms. The highest BCUT2D eigenvalue weighted by Gasteiger charge is 2.13. The second kappa shape index (κ2) is 12.7. The Hall–Kier alpha value is -3.20. The van der Waals surface area contributed by atoms with Crippen LogP contribution in [0.1, 0.15) is 42.6 Å². The molecule has 0 aliphatic rings. The number of esters is 2. The Labute approximate surface area is 201 Å². The second-order valence-electron chi connectivity index (χ2n) is 7.79. The van der Waals surface area contributed by atoms with Crippen LogP contribution < -0.4 is 10.6 Å². The molecule has 2 rings (SSSR count). The number of hydrogen-bond acceptors (Lipinski definition) is 6. The Morgan fingerprint density at radius 1 is 0.909 bits per heavy atom. The first-order valence-corrected chi connectivity index (χ1v) is 11.2. The number of nitrogens with one attached hydrogen (secondary N) is 2. The van der Waals surface area contributed by atoms with Gasteiger partial charge in [0.2, 0.25) is 5.91 Å². The highest BCUT2D eigenvalue weighted by molar-refractivity contribution is 9.10. The number of benzene rings is 2. The van der Waals surface area contributed by atoms with E-state index >= 15 is 0 Å². The van der Waals surface area contributed by atoms with Gasteiger partial charge in [0.25, 0.3) is 5.91 Å². The first-order chi connectivity index (χ1) is 15.6. The fourth-order valence-corrected chi connectivity index (χ4v) is 3.10. The van der Waals surface area contributed by atoms with Crippen molar-refractivity contribution in [1.82, 2.24) is 0 Å². The summed E-state index contributed by atoms with van der Waals surface area (Å²) in [6, 6.07) is 11.7. The van der Waals surface area contributed by atoms with Crippen molar-refractivity contribution in [2.45, 2.75) is 33.6 Å². The van der Waals surface area contributed by atoms with Gasteiger partial charge in [-0.25, -0.2) is 4.79 Å². The van der Waals surface area contributed by atoms with Gasteiger partial charge in [0.1, 0.15) is 0 Å². The summed E-state index contributed by atoms with van der Waals surface area (Å²) in [6.45, 7) is 5.63. The Morgan fingerprint density at radius 2 is 1.61 bits per heavy atom. The maximum Gasteiger partial charge on any atom is 0.338 e. The Bertz CT molecular complexity index is 1000. The van der Waals surface area contributed by atoms with Crippen molar-refractivity contribution >= 4 is 51.1 Å². The van der Waals surface area contributed by atoms with Crippen LogP contribution in [0, 0.1) is 12.8 Å². The quantitative estimate of drug-likeness (QED) is 0.448. The number of carbonyl (C=O) groups is 4. The highest BCUT2D eigenvalue weighted by Crippen LogP contribution is 2.20. The van der Waals surface area contributed by atoms with E-state index < -0.39 is 30.4 Å². The topological polar surface area (TPSA) is 111 Å². The molecular weight excluding hydrogens is 492 g/mol. The summed E-state index contributed by atoms with van der Waals surface area (Å²) in [4.78, 5) is 47.8. The van der Waals surface area contributed by atoms with E-state index in [1.807, 2.05) is 26.8 Å². The number of rotatable bonds is 10. The SMILES string of the molecule is Cc1cc(Br)ccc1NC(=O)COC(=O)CCC(=O)Nc1ccc(C(=O)OCC(C)C)cc1. The number of carbonyl (C=O) groups excluding carboxylic acids is 4. The van der Waals surface area contributed by atoms with Gasteiger partial charge in [-0.1, -0.05) is 29.8 Å². The minimum Gasteiger partial charge on any atom is -0.462 e. The van der Waals surface area contributed by atoms with Crippen LogP contribution in [-0.4, -0.2) is 37.0 Å². The van der Waals surface area contributed by atoms with Gasteiger partial charge >= 0.3 is 11.9 Å². The molecule has 0 unspecified atom stereocenters. The van der Waals surface area contributed by atoms with Crippen LogP contribution in [0.4, 0.5) is 11.4 Å². The minimum atomic E-state index is -0.656. The lowest BCUT2D eigenvalue weighted by Crippen LogP contribution is -2.22. The third-order valence-corrected chi connectivity index (χ3v) is 4.83. The molecule has 8 nitrogen and oxygen atoms in total. The summed E-state index contributed by atoms with van der Waals surface area (Å²) < 4.78 is 11.0. The monoisotopic (exact) mass is 518 g/mol. The summed E-state index contributed by atoms with van der Waals surface area (Å²) in [6.07, 6.45) is -0.277. The van der Waals surface area contributed by atoms with Crippen LogP contribution in [0.25, 0.3) is 0 Å². The Morgan fingerprint density at radius 3 is 2.24 bits per heavy atom. The minimum absolute atomic E-state index is 0.107. The van der Waals surface area contributed by atoms with Crippen LogP contribution in [0.5, 0.6) is 0 Å². The number of hydrogen-bond donors (Lipinski definition) is 2. The molecule has 176 valence electrons. The highest BCUT2D eigenvalue weighted by atomic mass is 79.9. The van der Waals surface area contributed by atoms with Gasteiger partial charge in [0.15, 0.2) is 6.61 Å². The molecule has 0 heterocycles. The van der Waals surface area contributed by atoms with Crippen molar-refractivity contribution in [2.24, 2.45) is 5.92 Å². The van der Waals surface area contributed by atoms with E-state index in [9.17, 15) is 19.2 Å². The van der Waals surface area contributed by atoms with Crippen molar-refractivity contribution in [2.75, 3.05) is 23.8 Å². The van der Waals surface area contributed by atoms with Gasteiger partial charge in [-0.05, 0) is 60.9 Å². The van der Waals surface area contributed by atoms with Crippen LogP contribution >= 0.6 is 15.9 Å². The maximum atomic E-state index is 12.1. The molecule has 9 heteroatoms. The number of aryl methyl sites for hydroxylation is 1. The number of amides is 2. The molecule has 0 spiro atoms. The maximum absolute atomic E-state index is 12.1. The van der Waals surface area contributed by atoms with E-state index in [2.05, 4.69) is 26.6 Å². The van der Waals surface area contributed by atoms with E-state index in [0.717, 1.165) is 10.0 Å². The number of halogens is 1. The standard InChI is InChI=1S/C24H27BrN2O6/c1-15(2)13-33-24(31)17-4-7-19(8-5-17)26-21(28)10-11-23(30)32-14-22(29)27-20-9-6-18(25)12-16(20)3/h4-9,12,15H,10-11,13-14H2,1-3H3,(H,26,28)(H,27,29). The first-order valence-electron chi connectivity index (χ1n) is 10.4. The predicted molar refractivity (Wildman–Crippen MR) is 128 cm³/mol. The van der Waals surface area contributed by atoms with E-state index in [4.69, 9.17) is 9.47 Å². The average Bonchev–Trinajstić information content (AvgIpc) is 2.77. The number of ether oxygens (including phenoxy) is 2. The van der Waals surface area contributed by atoms with Crippen molar-refractivity contribution < 1.29 is 28.7 Å². The largest absolute Gasteiger partial charge is 0.462 e. The fraction of sp³-hybridized carbons (Fsp3) is 0.333. The van der Waals surface area contributed by atoms with Crippen molar-refractivity contribution in [1.29, 1.82) is 0 Å². The van der Waals surface area contributed by atoms with Gasteiger partial charge in [-0.2, -0.15) is 0 Å².